The number of nitrogens with zero attached hydrogens (tertiary/aromatic N) is 4. The molecule has 1 unspecified atom stereocenters. The number of piperazine rings is 1. The third-order valence-electron chi connectivity index (χ3n) is 8.36. The molecule has 8 nitrogen and oxygen atoms in total. The lowest BCUT2D eigenvalue weighted by Crippen LogP contribution is -2.44. The minimum absolute atomic E-state index is 0.174. The third kappa shape index (κ3) is 4.65. The molecule has 2 aromatic heterocycles. The molecule has 5 rings (SSSR count). The summed E-state index contributed by atoms with van der Waals surface area (Å²) >= 11 is 0. The third-order valence-corrected chi connectivity index (χ3v) is 8.36. The largest absolute Gasteiger partial charge is 0.463 e. The maximum Gasteiger partial charge on any atom is 0.293 e. The van der Waals surface area contributed by atoms with Crippen molar-refractivity contribution in [2.75, 3.05) is 33.2 Å². The number of pyridine rings is 2. The van der Waals surface area contributed by atoms with Gasteiger partial charge in [0.25, 0.3) is 12.0 Å². The number of fused-ring (bicyclic) bond motifs is 4. The number of hydrogen-bond acceptors (Lipinski definition) is 7. The fraction of sp³-hybridized carbons (Fsp3) is 0.500. The van der Waals surface area contributed by atoms with Gasteiger partial charge in [-0.2, -0.15) is 0 Å². The fourth-order valence-corrected chi connectivity index (χ4v) is 5.79. The first-order valence-electron chi connectivity index (χ1n) is 13.6. The molecule has 202 valence electrons. The molecule has 38 heavy (non-hydrogen) atoms. The molecule has 1 aromatic carbocycles. The van der Waals surface area contributed by atoms with Gasteiger partial charge in [-0.3, -0.25) is 14.5 Å². The van der Waals surface area contributed by atoms with E-state index < -0.39 is 5.60 Å². The van der Waals surface area contributed by atoms with E-state index in [-0.39, 0.29) is 12.2 Å². The van der Waals surface area contributed by atoms with Gasteiger partial charge in [-0.15, -0.1) is 0 Å². The number of carbonyl (C=O) groups is 1. The summed E-state index contributed by atoms with van der Waals surface area (Å²) in [5.74, 6) is 0.383. The van der Waals surface area contributed by atoms with Gasteiger partial charge in [-0.1, -0.05) is 26.8 Å². The molecule has 1 fully saturated rings. The Morgan fingerprint density at radius 1 is 1.16 bits per heavy atom. The molecule has 0 radical (unpaired) electrons. The summed E-state index contributed by atoms with van der Waals surface area (Å²) in [5, 5.41) is 12.3. The number of ether oxygens (including phenoxy) is 1. The topological polar surface area (TPSA) is 87.9 Å². The minimum Gasteiger partial charge on any atom is -0.463 e. The number of aliphatic hydroxyl groups is 1. The van der Waals surface area contributed by atoms with Crippen molar-refractivity contribution in [1.82, 2.24) is 19.4 Å². The van der Waals surface area contributed by atoms with E-state index in [1.807, 2.05) is 13.0 Å². The van der Waals surface area contributed by atoms with E-state index in [4.69, 9.17) is 9.72 Å². The van der Waals surface area contributed by atoms with Crippen molar-refractivity contribution in [3.8, 4) is 11.4 Å². The number of benzene rings is 1. The Kier molecular flexibility index (Phi) is 7.15. The first-order valence-corrected chi connectivity index (χ1v) is 13.6. The molecule has 2 aliphatic heterocycles. The van der Waals surface area contributed by atoms with E-state index in [1.54, 1.807) is 11.5 Å². The SMILES string of the molecule is CCC(C)(O)c1cc2n(c(=O)c1COC=O)Cc1cc3c(CN4CCN(C)CC4)c(C(C)C)ccc3nc1-2. The molecule has 4 heterocycles. The molecule has 1 atom stereocenters. The van der Waals surface area contributed by atoms with Crippen LogP contribution in [0.5, 0.6) is 0 Å². The normalized spacial score (nSPS) is 17.4. The second-order valence-corrected chi connectivity index (χ2v) is 11.3. The number of rotatable bonds is 8. The predicted molar refractivity (Wildman–Crippen MR) is 148 cm³/mol. The highest BCUT2D eigenvalue weighted by Gasteiger charge is 2.32. The maximum atomic E-state index is 13.6. The monoisotopic (exact) mass is 518 g/mol. The van der Waals surface area contributed by atoms with Crippen LogP contribution >= 0.6 is 0 Å². The van der Waals surface area contributed by atoms with E-state index >= 15 is 0 Å². The summed E-state index contributed by atoms with van der Waals surface area (Å²) in [7, 11) is 2.17. The van der Waals surface area contributed by atoms with Gasteiger partial charge in [-0.25, -0.2) is 4.98 Å². The van der Waals surface area contributed by atoms with Crippen molar-refractivity contribution >= 4 is 17.4 Å². The van der Waals surface area contributed by atoms with Crippen LogP contribution in [0.15, 0.2) is 29.1 Å². The van der Waals surface area contributed by atoms with Crippen LogP contribution in [0.1, 0.15) is 67.9 Å². The molecule has 0 spiro atoms. The number of likely N-dealkylation sites (N-methyl/N-ethyl adjacent to an activating group) is 1. The smallest absolute Gasteiger partial charge is 0.293 e. The second kappa shape index (κ2) is 10.2. The Balaban J connectivity index is 1.64. The molecule has 1 saturated heterocycles. The molecule has 0 amide bonds. The van der Waals surface area contributed by atoms with E-state index in [0.717, 1.165) is 54.9 Å². The molecule has 2 aliphatic rings. The fourth-order valence-electron chi connectivity index (χ4n) is 5.79. The number of carbonyl (C=O) groups excluding carboxylic acids is 1. The van der Waals surface area contributed by atoms with Gasteiger partial charge in [0, 0.05) is 43.7 Å². The lowest BCUT2D eigenvalue weighted by molar-refractivity contribution is -0.129. The second-order valence-electron chi connectivity index (χ2n) is 11.3. The summed E-state index contributed by atoms with van der Waals surface area (Å²) in [6.45, 7) is 13.6. The summed E-state index contributed by atoms with van der Waals surface area (Å²) in [4.78, 5) is 34.5. The van der Waals surface area contributed by atoms with Crippen LogP contribution in [0.25, 0.3) is 22.3 Å². The highest BCUT2D eigenvalue weighted by molar-refractivity contribution is 5.88. The van der Waals surface area contributed by atoms with Crippen LogP contribution in [0.2, 0.25) is 0 Å². The summed E-state index contributed by atoms with van der Waals surface area (Å²) in [5.41, 5.74) is 5.32. The van der Waals surface area contributed by atoms with Crippen molar-refractivity contribution in [3.05, 3.63) is 62.4 Å². The van der Waals surface area contributed by atoms with Gasteiger partial charge in [-0.05, 0) is 61.2 Å². The maximum absolute atomic E-state index is 13.6. The van der Waals surface area contributed by atoms with Crippen molar-refractivity contribution < 1.29 is 14.6 Å². The number of aromatic nitrogens is 2. The van der Waals surface area contributed by atoms with E-state index in [1.165, 1.54) is 11.1 Å². The lowest BCUT2D eigenvalue weighted by atomic mass is 9.89. The van der Waals surface area contributed by atoms with Crippen molar-refractivity contribution in [3.63, 3.8) is 0 Å². The molecule has 8 heteroatoms. The summed E-state index contributed by atoms with van der Waals surface area (Å²) in [6, 6.07) is 8.36. The Labute approximate surface area is 223 Å². The molecule has 0 bridgehead atoms. The van der Waals surface area contributed by atoms with Gasteiger partial charge in [0.2, 0.25) is 0 Å². The van der Waals surface area contributed by atoms with Gasteiger partial charge in [0.05, 0.1) is 34.6 Å². The van der Waals surface area contributed by atoms with Gasteiger partial charge >= 0.3 is 0 Å². The van der Waals surface area contributed by atoms with Crippen molar-refractivity contribution in [2.45, 2.75) is 65.3 Å². The first-order chi connectivity index (χ1) is 18.1. The van der Waals surface area contributed by atoms with E-state index in [2.05, 4.69) is 48.9 Å². The quantitative estimate of drug-likeness (QED) is 0.357. The molecule has 0 aliphatic carbocycles. The minimum atomic E-state index is -1.24. The van der Waals surface area contributed by atoms with Crippen LogP contribution < -0.4 is 5.56 Å². The predicted octanol–water partition coefficient (Wildman–Crippen LogP) is 3.59. The van der Waals surface area contributed by atoms with Crippen LogP contribution in [0, 0.1) is 0 Å². The lowest BCUT2D eigenvalue weighted by Gasteiger charge is -2.33. The van der Waals surface area contributed by atoms with Crippen molar-refractivity contribution in [2.24, 2.45) is 0 Å². The summed E-state index contributed by atoms with van der Waals surface area (Å²) < 4.78 is 6.68. The highest BCUT2D eigenvalue weighted by Crippen LogP contribution is 2.38. The average molecular weight is 519 g/mol. The van der Waals surface area contributed by atoms with E-state index in [0.29, 0.717) is 42.2 Å². The van der Waals surface area contributed by atoms with Gasteiger partial charge < -0.3 is 19.3 Å². The van der Waals surface area contributed by atoms with Crippen LogP contribution in [-0.4, -0.2) is 64.2 Å². The Morgan fingerprint density at radius 2 is 1.89 bits per heavy atom. The summed E-state index contributed by atoms with van der Waals surface area (Å²) in [6.07, 6.45) is 0.412. The molecule has 0 saturated carbocycles. The standard InChI is InChI=1S/C30H38N4O4/c1-6-30(4,37)25-14-27-28-20(15-34(27)29(36)24(25)17-38-18-35)13-22-23(16-33-11-9-32(5)10-12-33)21(19(2)3)7-8-26(22)31-28/h7-8,13-14,18-19,37H,6,9-12,15-17H2,1-5H3. The molecule has 3 aromatic rings. The molecular weight excluding hydrogens is 480 g/mol. The molecular formula is C30H38N4O4. The first kappa shape index (κ1) is 26.5. The van der Waals surface area contributed by atoms with Crippen LogP contribution in [0.4, 0.5) is 0 Å². The average Bonchev–Trinajstić information content (AvgIpc) is 3.26. The zero-order valence-corrected chi connectivity index (χ0v) is 23.1. The zero-order valence-electron chi connectivity index (χ0n) is 23.1. The highest BCUT2D eigenvalue weighted by atomic mass is 16.5. The van der Waals surface area contributed by atoms with Gasteiger partial charge in [0.1, 0.15) is 6.61 Å². The van der Waals surface area contributed by atoms with Crippen LogP contribution in [0.3, 0.4) is 0 Å². The molecule has 1 N–H and O–H groups in total. The van der Waals surface area contributed by atoms with E-state index in [9.17, 15) is 14.7 Å². The Morgan fingerprint density at radius 3 is 2.55 bits per heavy atom. The van der Waals surface area contributed by atoms with Crippen molar-refractivity contribution in [1.29, 1.82) is 0 Å². The zero-order chi connectivity index (χ0) is 27.2. The Bertz CT molecular complexity index is 1430. The van der Waals surface area contributed by atoms with Gasteiger partial charge in [0.15, 0.2) is 0 Å². The van der Waals surface area contributed by atoms with Crippen LogP contribution in [-0.2, 0) is 34.8 Å². The Hall–Kier alpha value is -3.07. The number of hydrogen-bond donors (Lipinski definition) is 1.